The summed E-state index contributed by atoms with van der Waals surface area (Å²) in [6.07, 6.45) is 2.04. The molecule has 0 saturated heterocycles. The number of carbonyl (C=O) groups excluding carboxylic acids is 4. The molecule has 0 fully saturated rings. The molecule has 0 aromatic heterocycles. The molecule has 11 nitrogen and oxygen atoms in total. The molecule has 0 aliphatic rings. The number of hydrogen-bond donors (Lipinski definition) is 7. The van der Waals surface area contributed by atoms with Crippen molar-refractivity contribution in [2.45, 2.75) is 69.6 Å². The summed E-state index contributed by atoms with van der Waals surface area (Å²) >= 11 is 0. The first-order valence-electron chi connectivity index (χ1n) is 13.1. The zero-order valence-electron chi connectivity index (χ0n) is 22.3. The molecule has 10 N–H and O–H groups in total. The summed E-state index contributed by atoms with van der Waals surface area (Å²) in [5, 5.41) is 17.5. The number of rotatable bonds is 16. The van der Waals surface area contributed by atoms with E-state index in [1.54, 1.807) is 12.1 Å². The Morgan fingerprint density at radius 1 is 0.769 bits per heavy atom. The lowest BCUT2D eigenvalue weighted by Crippen LogP contribution is -2.58. The summed E-state index contributed by atoms with van der Waals surface area (Å²) in [4.78, 5) is 51.2. The van der Waals surface area contributed by atoms with Crippen molar-refractivity contribution in [2.24, 2.45) is 17.2 Å². The van der Waals surface area contributed by atoms with E-state index < -0.39 is 47.8 Å². The Labute approximate surface area is 228 Å². The van der Waals surface area contributed by atoms with Gasteiger partial charge in [0.15, 0.2) is 0 Å². The molecule has 0 bridgehead atoms. The summed E-state index contributed by atoms with van der Waals surface area (Å²) in [5.74, 6) is -2.22. The topological polar surface area (TPSA) is 203 Å². The van der Waals surface area contributed by atoms with Gasteiger partial charge in [-0.25, -0.2) is 0 Å². The maximum Gasteiger partial charge on any atom is 0.243 e. The lowest BCUT2D eigenvalue weighted by molar-refractivity contribution is -0.133. The van der Waals surface area contributed by atoms with E-state index in [1.807, 2.05) is 37.3 Å². The Morgan fingerprint density at radius 3 is 1.92 bits per heavy atom. The van der Waals surface area contributed by atoms with Gasteiger partial charge >= 0.3 is 0 Å². The molecule has 2 aromatic rings. The van der Waals surface area contributed by atoms with Crippen LogP contribution in [0.15, 0.2) is 54.6 Å². The third-order valence-corrected chi connectivity index (χ3v) is 6.21. The van der Waals surface area contributed by atoms with Crippen LogP contribution in [0, 0.1) is 0 Å². The van der Waals surface area contributed by atoms with Gasteiger partial charge in [-0.1, -0.05) is 55.8 Å². The van der Waals surface area contributed by atoms with Crippen molar-refractivity contribution in [3.8, 4) is 5.75 Å². The van der Waals surface area contributed by atoms with Gasteiger partial charge in [0.1, 0.15) is 23.9 Å². The number of carbonyl (C=O) groups is 4. The Morgan fingerprint density at radius 2 is 1.33 bits per heavy atom. The highest BCUT2D eigenvalue weighted by molar-refractivity contribution is 5.94. The van der Waals surface area contributed by atoms with Gasteiger partial charge in [-0.2, -0.15) is 0 Å². The molecule has 0 radical (unpaired) electrons. The first-order chi connectivity index (χ1) is 18.6. The molecule has 39 heavy (non-hydrogen) atoms. The molecular formula is C28H40N6O5. The number of phenols is 1. The monoisotopic (exact) mass is 540 g/mol. The third kappa shape index (κ3) is 10.7. The Kier molecular flexibility index (Phi) is 12.9. The van der Waals surface area contributed by atoms with Gasteiger partial charge in [0.05, 0.1) is 6.04 Å². The van der Waals surface area contributed by atoms with Crippen molar-refractivity contribution in [3.05, 3.63) is 65.7 Å². The number of phenolic OH excluding ortho intramolecular Hbond substituents is 1. The lowest BCUT2D eigenvalue weighted by atomic mass is 10.0. The van der Waals surface area contributed by atoms with Crippen LogP contribution in [0.5, 0.6) is 5.75 Å². The number of nitrogens with two attached hydrogens (primary N) is 3. The molecule has 2 aromatic carbocycles. The number of amides is 4. The minimum atomic E-state index is -1.03. The van der Waals surface area contributed by atoms with Crippen molar-refractivity contribution >= 4 is 23.6 Å². The number of primary amides is 1. The molecule has 11 heteroatoms. The van der Waals surface area contributed by atoms with E-state index in [4.69, 9.17) is 17.2 Å². The minimum absolute atomic E-state index is 0.104. The maximum atomic E-state index is 13.3. The van der Waals surface area contributed by atoms with Crippen molar-refractivity contribution in [2.75, 3.05) is 6.54 Å². The van der Waals surface area contributed by atoms with E-state index in [0.29, 0.717) is 25.8 Å². The van der Waals surface area contributed by atoms with E-state index in [2.05, 4.69) is 16.0 Å². The summed E-state index contributed by atoms with van der Waals surface area (Å²) in [7, 11) is 0. The fraction of sp³-hybridized carbons (Fsp3) is 0.429. The number of aromatic hydroxyl groups is 1. The van der Waals surface area contributed by atoms with Crippen LogP contribution in [0.3, 0.4) is 0 Å². The molecule has 212 valence electrons. The molecular weight excluding hydrogens is 500 g/mol. The lowest BCUT2D eigenvalue weighted by Gasteiger charge is -2.25. The first kappa shape index (κ1) is 31.3. The molecule has 0 aliphatic carbocycles. The fourth-order valence-electron chi connectivity index (χ4n) is 4.03. The summed E-state index contributed by atoms with van der Waals surface area (Å²) in [5.41, 5.74) is 18.6. The summed E-state index contributed by atoms with van der Waals surface area (Å²) < 4.78 is 0. The normalized spacial score (nSPS) is 13.9. The highest BCUT2D eigenvalue weighted by atomic mass is 16.3. The van der Waals surface area contributed by atoms with Crippen LogP contribution in [-0.2, 0) is 32.0 Å². The molecule has 0 aliphatic heterocycles. The van der Waals surface area contributed by atoms with E-state index in [9.17, 15) is 24.3 Å². The molecule has 0 heterocycles. The van der Waals surface area contributed by atoms with Gasteiger partial charge in [0, 0.05) is 6.42 Å². The molecule has 4 atom stereocenters. The van der Waals surface area contributed by atoms with Crippen LogP contribution in [0.25, 0.3) is 0 Å². The highest BCUT2D eigenvalue weighted by Crippen LogP contribution is 2.11. The first-order valence-corrected chi connectivity index (χ1v) is 13.1. The second-order valence-corrected chi connectivity index (χ2v) is 9.47. The zero-order chi connectivity index (χ0) is 28.8. The van der Waals surface area contributed by atoms with Gasteiger partial charge in [-0.05, 0) is 55.5 Å². The predicted octanol–water partition coefficient (Wildman–Crippen LogP) is -0.0166. The number of hydrogen-bond acceptors (Lipinski definition) is 7. The van der Waals surface area contributed by atoms with Crippen LogP contribution in [-0.4, -0.2) is 59.4 Å². The minimum Gasteiger partial charge on any atom is -0.508 e. The van der Waals surface area contributed by atoms with E-state index in [1.165, 1.54) is 12.1 Å². The Balaban J connectivity index is 2.14. The summed E-state index contributed by atoms with van der Waals surface area (Å²) in [6.45, 7) is 2.20. The van der Waals surface area contributed by atoms with Crippen molar-refractivity contribution in [1.82, 2.24) is 16.0 Å². The van der Waals surface area contributed by atoms with Crippen molar-refractivity contribution in [3.63, 3.8) is 0 Å². The Hall–Kier alpha value is -3.96. The molecule has 0 saturated carbocycles. The molecule has 2 rings (SSSR count). The van der Waals surface area contributed by atoms with E-state index in [-0.39, 0.29) is 25.0 Å². The van der Waals surface area contributed by atoms with E-state index in [0.717, 1.165) is 11.1 Å². The van der Waals surface area contributed by atoms with Gasteiger partial charge in [0.25, 0.3) is 0 Å². The smallest absolute Gasteiger partial charge is 0.243 e. The average Bonchev–Trinajstić information content (AvgIpc) is 2.91. The van der Waals surface area contributed by atoms with Crippen LogP contribution >= 0.6 is 0 Å². The molecule has 4 amide bonds. The van der Waals surface area contributed by atoms with Crippen LogP contribution in [0.2, 0.25) is 0 Å². The number of benzene rings is 2. The largest absolute Gasteiger partial charge is 0.508 e. The van der Waals surface area contributed by atoms with Crippen LogP contribution in [0.4, 0.5) is 0 Å². The standard InChI is InChI=1S/C28H40N6O5/c1-2-7-23(33-26(37)21(30)16-19-11-13-20(35)14-12-19)27(38)34-24(17-18-8-4-3-5-9-18)28(39)32-22(25(31)36)10-6-15-29/h3-5,8-9,11-14,21-24,35H,2,6-7,10,15-17,29-30H2,1H3,(H2,31,36)(H,32,39)(H,33,37)(H,34,38)/t21-,22-,23+,24-/m0/s1. The molecule has 0 unspecified atom stereocenters. The highest BCUT2D eigenvalue weighted by Gasteiger charge is 2.29. The second kappa shape index (κ2) is 16.1. The van der Waals surface area contributed by atoms with Crippen LogP contribution < -0.4 is 33.2 Å². The van der Waals surface area contributed by atoms with Crippen molar-refractivity contribution in [1.29, 1.82) is 0 Å². The van der Waals surface area contributed by atoms with Gasteiger partial charge in [0.2, 0.25) is 23.6 Å². The SMILES string of the molecule is CCC[C@@H](NC(=O)[C@@H](N)Cc1ccc(O)cc1)C(=O)N[C@@H](Cc1ccccc1)C(=O)N[C@@H](CCCN)C(N)=O. The third-order valence-electron chi connectivity index (χ3n) is 6.21. The van der Waals surface area contributed by atoms with Crippen molar-refractivity contribution < 1.29 is 24.3 Å². The second-order valence-electron chi connectivity index (χ2n) is 9.47. The van der Waals surface area contributed by atoms with Gasteiger partial charge in [-0.3, -0.25) is 19.2 Å². The van der Waals surface area contributed by atoms with Gasteiger partial charge < -0.3 is 38.3 Å². The molecule has 0 spiro atoms. The van der Waals surface area contributed by atoms with E-state index >= 15 is 0 Å². The Bertz CT molecular complexity index is 1080. The van der Waals surface area contributed by atoms with Crippen LogP contribution in [0.1, 0.15) is 43.7 Å². The van der Waals surface area contributed by atoms with Gasteiger partial charge in [-0.15, -0.1) is 0 Å². The zero-order valence-corrected chi connectivity index (χ0v) is 22.3. The predicted molar refractivity (Wildman–Crippen MR) is 148 cm³/mol. The summed E-state index contributed by atoms with van der Waals surface area (Å²) in [6, 6.07) is 11.6. The fourth-order valence-corrected chi connectivity index (χ4v) is 4.03. The average molecular weight is 541 g/mol. The number of nitrogens with one attached hydrogen (secondary N) is 3. The maximum absolute atomic E-state index is 13.3. The quantitative estimate of drug-likeness (QED) is 0.155.